The molecule has 1 heterocycles. The first-order chi connectivity index (χ1) is 8.76. The molecule has 0 spiro atoms. The zero-order chi connectivity index (χ0) is 13.0. The highest BCUT2D eigenvalue weighted by Gasteiger charge is 2.11. The van der Waals surface area contributed by atoms with Gasteiger partial charge in [0.15, 0.2) is 0 Å². The Morgan fingerprint density at radius 2 is 2.17 bits per heavy atom. The van der Waals surface area contributed by atoms with Crippen molar-refractivity contribution in [2.45, 2.75) is 13.3 Å². The maximum absolute atomic E-state index is 11.3. The Morgan fingerprint density at radius 3 is 2.78 bits per heavy atom. The molecule has 0 fully saturated rings. The smallest absolute Gasteiger partial charge is 0.247 e. The first-order valence-corrected chi connectivity index (χ1v) is 5.82. The molecule has 0 aliphatic heterocycles. The zero-order valence-corrected chi connectivity index (χ0v) is 10.3. The molecule has 18 heavy (non-hydrogen) atoms. The largest absolute Gasteiger partial charge is 0.320 e. The molecule has 0 aliphatic carbocycles. The van der Waals surface area contributed by atoms with Crippen LogP contribution in [0.3, 0.4) is 0 Å². The second-order valence-corrected chi connectivity index (χ2v) is 3.80. The molecule has 0 bridgehead atoms. The van der Waals surface area contributed by atoms with Crippen LogP contribution in [0.25, 0.3) is 5.69 Å². The molecule has 0 radical (unpaired) electrons. The molecular weight excluding hydrogens is 226 g/mol. The van der Waals surface area contributed by atoms with Crippen molar-refractivity contribution in [3.63, 3.8) is 0 Å². The number of nitrogens with zero attached hydrogens (tertiary/aromatic N) is 2. The van der Waals surface area contributed by atoms with Gasteiger partial charge < -0.3 is 5.32 Å². The van der Waals surface area contributed by atoms with Crippen molar-refractivity contribution < 1.29 is 4.79 Å². The number of hydrogen-bond acceptors (Lipinski definition) is 2. The average Bonchev–Trinajstić information content (AvgIpc) is 2.82. The van der Waals surface area contributed by atoms with Gasteiger partial charge in [-0.05, 0) is 24.6 Å². The van der Waals surface area contributed by atoms with Crippen LogP contribution >= 0.6 is 0 Å². The van der Waals surface area contributed by atoms with E-state index in [0.717, 1.165) is 23.5 Å². The van der Waals surface area contributed by atoms with Gasteiger partial charge in [-0.3, -0.25) is 4.79 Å². The molecule has 0 saturated carbocycles. The van der Waals surface area contributed by atoms with Crippen LogP contribution in [0.2, 0.25) is 0 Å². The third-order valence-corrected chi connectivity index (χ3v) is 2.65. The van der Waals surface area contributed by atoms with Gasteiger partial charge in [0.25, 0.3) is 0 Å². The summed E-state index contributed by atoms with van der Waals surface area (Å²) < 4.78 is 1.83. The normalized spacial score (nSPS) is 10.1. The quantitative estimate of drug-likeness (QED) is 0.836. The molecule has 1 aromatic carbocycles. The maximum atomic E-state index is 11.3. The van der Waals surface area contributed by atoms with Crippen LogP contribution in [0.15, 0.2) is 49.2 Å². The van der Waals surface area contributed by atoms with Crippen LogP contribution in [0, 0.1) is 0 Å². The summed E-state index contributed by atoms with van der Waals surface area (Å²) in [6.45, 7) is 5.47. The first-order valence-electron chi connectivity index (χ1n) is 5.82. The first kappa shape index (κ1) is 12.1. The van der Waals surface area contributed by atoms with Gasteiger partial charge in [-0.2, -0.15) is 5.10 Å². The van der Waals surface area contributed by atoms with Gasteiger partial charge in [-0.1, -0.05) is 31.7 Å². The second-order valence-electron chi connectivity index (χ2n) is 3.80. The predicted octanol–water partition coefficient (Wildman–Crippen LogP) is 2.56. The Morgan fingerprint density at radius 1 is 1.44 bits per heavy atom. The van der Waals surface area contributed by atoms with Crippen LogP contribution in [-0.4, -0.2) is 15.7 Å². The number of nitrogens with one attached hydrogen (secondary N) is 1. The summed E-state index contributed by atoms with van der Waals surface area (Å²) in [5.41, 5.74) is 2.68. The van der Waals surface area contributed by atoms with E-state index in [-0.39, 0.29) is 5.91 Å². The van der Waals surface area contributed by atoms with Crippen LogP contribution in [0.1, 0.15) is 12.6 Å². The molecule has 1 aromatic heterocycles. The summed E-state index contributed by atoms with van der Waals surface area (Å²) in [4.78, 5) is 11.3. The van der Waals surface area contributed by atoms with E-state index in [0.29, 0.717) is 0 Å². The SMILES string of the molecule is C=CC(=O)Nc1cnn(-c2ccccc2)c1CC. The molecular formula is C14H15N3O. The predicted molar refractivity (Wildman–Crippen MR) is 71.8 cm³/mol. The van der Waals surface area contributed by atoms with E-state index in [2.05, 4.69) is 17.0 Å². The van der Waals surface area contributed by atoms with E-state index in [4.69, 9.17) is 0 Å². The summed E-state index contributed by atoms with van der Waals surface area (Å²) in [7, 11) is 0. The number of aromatic nitrogens is 2. The lowest BCUT2D eigenvalue weighted by molar-refractivity contribution is -0.111. The van der Waals surface area contributed by atoms with E-state index in [1.807, 2.05) is 41.9 Å². The van der Waals surface area contributed by atoms with Crippen molar-refractivity contribution in [2.75, 3.05) is 5.32 Å². The molecule has 2 rings (SSSR count). The fourth-order valence-corrected chi connectivity index (χ4v) is 1.79. The number of carbonyl (C=O) groups excluding carboxylic acids is 1. The second kappa shape index (κ2) is 5.31. The van der Waals surface area contributed by atoms with Gasteiger partial charge in [-0.25, -0.2) is 4.68 Å². The van der Waals surface area contributed by atoms with Gasteiger partial charge in [-0.15, -0.1) is 0 Å². The maximum Gasteiger partial charge on any atom is 0.247 e. The molecule has 4 heteroatoms. The third-order valence-electron chi connectivity index (χ3n) is 2.65. The van der Waals surface area contributed by atoms with E-state index in [9.17, 15) is 4.79 Å². The zero-order valence-electron chi connectivity index (χ0n) is 10.3. The Hall–Kier alpha value is -2.36. The number of rotatable bonds is 4. The van der Waals surface area contributed by atoms with Crippen LogP contribution in [0.5, 0.6) is 0 Å². The van der Waals surface area contributed by atoms with E-state index < -0.39 is 0 Å². The minimum absolute atomic E-state index is 0.225. The lowest BCUT2D eigenvalue weighted by atomic mass is 10.2. The molecule has 4 nitrogen and oxygen atoms in total. The summed E-state index contributed by atoms with van der Waals surface area (Å²) in [5, 5.41) is 7.07. The van der Waals surface area contributed by atoms with Crippen molar-refractivity contribution in [3.05, 3.63) is 54.9 Å². The number of benzene rings is 1. The number of hydrogen-bond donors (Lipinski definition) is 1. The molecule has 0 atom stereocenters. The molecule has 92 valence electrons. The van der Waals surface area contributed by atoms with Crippen LogP contribution < -0.4 is 5.32 Å². The lowest BCUT2D eigenvalue weighted by Crippen LogP contribution is -2.09. The monoisotopic (exact) mass is 241 g/mol. The van der Waals surface area contributed by atoms with Crippen molar-refractivity contribution in [1.82, 2.24) is 9.78 Å². The summed E-state index contributed by atoms with van der Waals surface area (Å²) in [6.07, 6.45) is 3.69. The minimum Gasteiger partial charge on any atom is -0.320 e. The van der Waals surface area contributed by atoms with Crippen LogP contribution in [-0.2, 0) is 11.2 Å². The van der Waals surface area contributed by atoms with Gasteiger partial charge in [0.05, 0.1) is 23.3 Å². The highest BCUT2D eigenvalue weighted by Crippen LogP contribution is 2.19. The number of amides is 1. The fraction of sp³-hybridized carbons (Fsp3) is 0.143. The summed E-state index contributed by atoms with van der Waals surface area (Å²) >= 11 is 0. The van der Waals surface area contributed by atoms with Gasteiger partial charge in [0.1, 0.15) is 0 Å². The molecule has 0 aliphatic rings. The Bertz CT molecular complexity index is 558. The van der Waals surface area contributed by atoms with Gasteiger partial charge in [0, 0.05) is 0 Å². The number of carbonyl (C=O) groups is 1. The van der Waals surface area contributed by atoms with E-state index in [1.165, 1.54) is 6.08 Å². The average molecular weight is 241 g/mol. The lowest BCUT2D eigenvalue weighted by Gasteiger charge is -2.07. The Kier molecular flexibility index (Phi) is 3.57. The van der Waals surface area contributed by atoms with Crippen molar-refractivity contribution >= 4 is 11.6 Å². The van der Waals surface area contributed by atoms with Crippen molar-refractivity contribution in [2.24, 2.45) is 0 Å². The Balaban J connectivity index is 2.39. The topological polar surface area (TPSA) is 46.9 Å². The molecule has 0 unspecified atom stereocenters. The highest BCUT2D eigenvalue weighted by atomic mass is 16.1. The van der Waals surface area contributed by atoms with Crippen LogP contribution in [0.4, 0.5) is 5.69 Å². The number of para-hydroxylation sites is 1. The highest BCUT2D eigenvalue weighted by molar-refractivity contribution is 5.99. The van der Waals surface area contributed by atoms with Crippen molar-refractivity contribution in [1.29, 1.82) is 0 Å². The van der Waals surface area contributed by atoms with E-state index >= 15 is 0 Å². The third kappa shape index (κ3) is 2.32. The standard InChI is InChI=1S/C14H15N3O/c1-3-13-12(16-14(18)4-2)10-15-17(13)11-8-6-5-7-9-11/h4-10H,2-3H2,1H3,(H,16,18). The van der Waals surface area contributed by atoms with E-state index in [1.54, 1.807) is 6.20 Å². The van der Waals surface area contributed by atoms with Gasteiger partial charge in [0.2, 0.25) is 5.91 Å². The Labute approximate surface area is 106 Å². The molecule has 1 N–H and O–H groups in total. The molecule has 2 aromatic rings. The minimum atomic E-state index is -0.225. The molecule has 1 amide bonds. The van der Waals surface area contributed by atoms with Crippen molar-refractivity contribution in [3.8, 4) is 5.69 Å². The molecule has 0 saturated heterocycles. The van der Waals surface area contributed by atoms with Gasteiger partial charge >= 0.3 is 0 Å². The fourth-order valence-electron chi connectivity index (χ4n) is 1.79. The summed E-state index contributed by atoms with van der Waals surface area (Å²) in [5.74, 6) is -0.225. The number of anilines is 1. The summed E-state index contributed by atoms with van der Waals surface area (Å²) in [6, 6.07) is 9.83.